The van der Waals surface area contributed by atoms with E-state index in [0.717, 1.165) is 28.8 Å². The SMILES string of the molecule is CCCCc1cc2cc(N)ccc2o1.CS(=O)(=O)O. The van der Waals surface area contributed by atoms with Gasteiger partial charge in [0.1, 0.15) is 11.3 Å². The molecule has 0 radical (unpaired) electrons. The van der Waals surface area contributed by atoms with Gasteiger partial charge in [0.15, 0.2) is 0 Å². The second-order valence-electron chi connectivity index (χ2n) is 4.35. The zero-order valence-electron chi connectivity index (χ0n) is 11.1. The molecule has 5 nitrogen and oxygen atoms in total. The molecule has 0 saturated heterocycles. The second kappa shape index (κ2) is 6.58. The van der Waals surface area contributed by atoms with Crippen LogP contribution in [0.1, 0.15) is 25.5 Å². The topological polar surface area (TPSA) is 93.5 Å². The first-order valence-corrected chi connectivity index (χ1v) is 7.85. The summed E-state index contributed by atoms with van der Waals surface area (Å²) in [4.78, 5) is 0. The van der Waals surface area contributed by atoms with Crippen LogP contribution in [0.4, 0.5) is 5.69 Å². The number of anilines is 1. The average Bonchev–Trinajstić information content (AvgIpc) is 2.65. The summed E-state index contributed by atoms with van der Waals surface area (Å²) < 4.78 is 31.5. The fourth-order valence-electron chi connectivity index (χ4n) is 1.59. The van der Waals surface area contributed by atoms with Crippen LogP contribution in [-0.2, 0) is 16.5 Å². The highest BCUT2D eigenvalue weighted by Gasteiger charge is 2.02. The van der Waals surface area contributed by atoms with Crippen molar-refractivity contribution < 1.29 is 17.4 Å². The van der Waals surface area contributed by atoms with E-state index >= 15 is 0 Å². The minimum absolute atomic E-state index is 0.715. The van der Waals surface area contributed by atoms with Gasteiger partial charge in [-0.3, -0.25) is 4.55 Å². The van der Waals surface area contributed by atoms with Gasteiger partial charge in [-0.05, 0) is 30.7 Å². The van der Waals surface area contributed by atoms with Crippen LogP contribution >= 0.6 is 0 Å². The summed E-state index contributed by atoms with van der Waals surface area (Å²) in [5, 5.41) is 1.11. The third-order valence-electron chi connectivity index (χ3n) is 2.37. The summed E-state index contributed by atoms with van der Waals surface area (Å²) in [6, 6.07) is 7.84. The molecule has 1 heterocycles. The molecular weight excluding hydrogens is 266 g/mol. The third kappa shape index (κ3) is 6.26. The van der Waals surface area contributed by atoms with Crippen molar-refractivity contribution in [2.24, 2.45) is 0 Å². The molecular formula is C13H19NO4S. The van der Waals surface area contributed by atoms with Gasteiger partial charge in [0.2, 0.25) is 0 Å². The highest BCUT2D eigenvalue weighted by Crippen LogP contribution is 2.22. The van der Waals surface area contributed by atoms with Crippen LogP contribution in [0.25, 0.3) is 11.0 Å². The zero-order chi connectivity index (χ0) is 14.5. The molecule has 0 saturated carbocycles. The minimum Gasteiger partial charge on any atom is -0.461 e. The fourth-order valence-corrected chi connectivity index (χ4v) is 1.59. The third-order valence-corrected chi connectivity index (χ3v) is 2.37. The van der Waals surface area contributed by atoms with E-state index in [2.05, 4.69) is 13.0 Å². The van der Waals surface area contributed by atoms with E-state index in [9.17, 15) is 8.42 Å². The van der Waals surface area contributed by atoms with Gasteiger partial charge in [-0.2, -0.15) is 8.42 Å². The number of nitrogen functional groups attached to an aromatic ring is 1. The number of unbranched alkanes of at least 4 members (excludes halogenated alkanes) is 1. The van der Waals surface area contributed by atoms with E-state index in [-0.39, 0.29) is 0 Å². The molecule has 2 rings (SSSR count). The Morgan fingerprint density at radius 2 is 1.95 bits per heavy atom. The Balaban J connectivity index is 0.000000312. The summed E-state index contributed by atoms with van der Waals surface area (Å²) in [7, 11) is -3.67. The van der Waals surface area contributed by atoms with Gasteiger partial charge in [-0.25, -0.2) is 0 Å². The van der Waals surface area contributed by atoms with E-state index < -0.39 is 10.1 Å². The summed E-state index contributed by atoms with van der Waals surface area (Å²) in [5.74, 6) is 1.06. The summed E-state index contributed by atoms with van der Waals surface area (Å²) in [5.41, 5.74) is 7.42. The first kappa shape index (κ1) is 15.5. The maximum Gasteiger partial charge on any atom is 0.261 e. The average molecular weight is 285 g/mol. The number of hydrogen-bond donors (Lipinski definition) is 2. The quantitative estimate of drug-likeness (QED) is 0.668. The maximum atomic E-state index is 9.19. The van der Waals surface area contributed by atoms with Gasteiger partial charge in [-0.1, -0.05) is 13.3 Å². The van der Waals surface area contributed by atoms with Crippen molar-refractivity contribution in [3.8, 4) is 0 Å². The highest BCUT2D eigenvalue weighted by molar-refractivity contribution is 7.85. The van der Waals surface area contributed by atoms with Gasteiger partial charge >= 0.3 is 0 Å². The molecule has 6 heteroatoms. The molecule has 3 N–H and O–H groups in total. The standard InChI is InChI=1S/C12H15NO.CH4O3S/c1-2-3-4-11-8-9-7-10(13)5-6-12(9)14-11;1-5(2,3)4/h5-8H,2-4,13H2,1H3;1H3,(H,2,3,4). The molecule has 106 valence electrons. The van der Waals surface area contributed by atoms with Gasteiger partial charge < -0.3 is 10.2 Å². The smallest absolute Gasteiger partial charge is 0.261 e. The number of rotatable bonds is 3. The molecule has 0 aliphatic carbocycles. The number of nitrogens with two attached hydrogens (primary N) is 1. The van der Waals surface area contributed by atoms with Gasteiger partial charge in [0.05, 0.1) is 6.26 Å². The Hall–Kier alpha value is -1.53. The second-order valence-corrected chi connectivity index (χ2v) is 5.81. The summed E-state index contributed by atoms with van der Waals surface area (Å²) >= 11 is 0. The molecule has 19 heavy (non-hydrogen) atoms. The Labute approximate surface area is 113 Å². The van der Waals surface area contributed by atoms with Crippen LogP contribution in [0.5, 0.6) is 0 Å². The van der Waals surface area contributed by atoms with E-state index in [0.29, 0.717) is 6.26 Å². The van der Waals surface area contributed by atoms with Crippen LogP contribution in [0.3, 0.4) is 0 Å². The molecule has 0 unspecified atom stereocenters. The van der Waals surface area contributed by atoms with Gasteiger partial charge in [0.25, 0.3) is 10.1 Å². The normalized spacial score (nSPS) is 11.1. The molecule has 1 aromatic carbocycles. The van der Waals surface area contributed by atoms with Crippen molar-refractivity contribution in [2.45, 2.75) is 26.2 Å². The van der Waals surface area contributed by atoms with E-state index in [1.165, 1.54) is 12.8 Å². The van der Waals surface area contributed by atoms with E-state index in [1.807, 2.05) is 18.2 Å². The monoisotopic (exact) mass is 285 g/mol. The predicted octanol–water partition coefficient (Wildman–Crippen LogP) is 2.86. The summed E-state index contributed by atoms with van der Waals surface area (Å²) in [6.07, 6.45) is 4.10. The minimum atomic E-state index is -3.67. The lowest BCUT2D eigenvalue weighted by Crippen LogP contribution is -1.88. The van der Waals surface area contributed by atoms with Crippen LogP contribution < -0.4 is 5.73 Å². The van der Waals surface area contributed by atoms with Crippen molar-refractivity contribution in [3.63, 3.8) is 0 Å². The zero-order valence-corrected chi connectivity index (χ0v) is 11.9. The first-order valence-electron chi connectivity index (χ1n) is 6.00. The number of furan rings is 1. The highest BCUT2D eigenvalue weighted by atomic mass is 32.2. The molecule has 2 aromatic rings. The molecule has 0 aliphatic rings. The Morgan fingerprint density at radius 3 is 2.53 bits per heavy atom. The number of aryl methyl sites for hydroxylation is 1. The maximum absolute atomic E-state index is 9.19. The van der Waals surface area contributed by atoms with Gasteiger partial charge in [-0.15, -0.1) is 0 Å². The van der Waals surface area contributed by atoms with Crippen LogP contribution in [0.2, 0.25) is 0 Å². The molecule has 1 aromatic heterocycles. The number of fused-ring (bicyclic) bond motifs is 1. The molecule has 0 fully saturated rings. The van der Waals surface area contributed by atoms with Crippen molar-refractivity contribution in [1.82, 2.24) is 0 Å². The number of hydrogen-bond acceptors (Lipinski definition) is 4. The predicted molar refractivity (Wildman–Crippen MR) is 76.7 cm³/mol. The summed E-state index contributed by atoms with van der Waals surface area (Å²) in [6.45, 7) is 2.18. The van der Waals surface area contributed by atoms with Crippen LogP contribution in [0, 0.1) is 0 Å². The van der Waals surface area contributed by atoms with E-state index in [4.69, 9.17) is 14.7 Å². The Bertz CT molecular complexity index is 623. The lowest BCUT2D eigenvalue weighted by Gasteiger charge is -1.91. The van der Waals surface area contributed by atoms with Crippen molar-refractivity contribution in [1.29, 1.82) is 0 Å². The Morgan fingerprint density at radius 1 is 1.32 bits per heavy atom. The van der Waals surface area contributed by atoms with Gasteiger partial charge in [0, 0.05) is 17.5 Å². The molecule has 0 bridgehead atoms. The lowest BCUT2D eigenvalue weighted by molar-refractivity contribution is 0.490. The van der Waals surface area contributed by atoms with Crippen LogP contribution in [-0.4, -0.2) is 19.2 Å². The molecule has 0 spiro atoms. The van der Waals surface area contributed by atoms with Crippen molar-refractivity contribution >= 4 is 26.8 Å². The van der Waals surface area contributed by atoms with E-state index in [1.54, 1.807) is 0 Å². The van der Waals surface area contributed by atoms with Crippen molar-refractivity contribution in [3.05, 3.63) is 30.0 Å². The fraction of sp³-hybridized carbons (Fsp3) is 0.385. The Kier molecular flexibility index (Phi) is 5.38. The largest absolute Gasteiger partial charge is 0.461 e. The first-order chi connectivity index (χ1) is 8.79. The molecule has 0 amide bonds. The number of benzene rings is 1. The van der Waals surface area contributed by atoms with Crippen LogP contribution in [0.15, 0.2) is 28.7 Å². The molecule has 0 aliphatic heterocycles. The lowest BCUT2D eigenvalue weighted by atomic mass is 10.2. The molecule has 0 atom stereocenters. The van der Waals surface area contributed by atoms with Crippen molar-refractivity contribution in [2.75, 3.05) is 12.0 Å².